The molecule has 0 bridgehead atoms. The van der Waals surface area contributed by atoms with Crippen molar-refractivity contribution in [1.29, 1.82) is 0 Å². The Hall–Kier alpha value is -17.6. The van der Waals surface area contributed by atoms with Gasteiger partial charge in [0, 0.05) is 98.8 Å². The quantitative estimate of drug-likeness (QED) is 0.124. The van der Waals surface area contributed by atoms with E-state index >= 15 is 0 Å². The zero-order valence-electron chi connectivity index (χ0n) is 71.9. The second-order valence-corrected chi connectivity index (χ2v) is 35.1. The predicted octanol–water partition coefficient (Wildman–Crippen LogP) is 33.8. The minimum Gasteiger partial charge on any atom is -0.309 e. The fourth-order valence-corrected chi connectivity index (χ4v) is 21.6. The summed E-state index contributed by atoms with van der Waals surface area (Å²) in [4.78, 5) is 0. The Labute approximate surface area is 760 Å². The van der Waals surface area contributed by atoms with Crippen molar-refractivity contribution < 1.29 is 0 Å². The molecule has 0 spiro atoms. The lowest BCUT2D eigenvalue weighted by atomic mass is 10.00. The zero-order valence-corrected chi connectivity index (χ0v) is 71.9. The summed E-state index contributed by atoms with van der Waals surface area (Å²) in [5.74, 6) is 0. The first-order chi connectivity index (χ1) is 65.4. The first-order valence-electron chi connectivity index (χ1n) is 45.5. The summed E-state index contributed by atoms with van der Waals surface area (Å²) in [5.41, 5.74) is 33.1. The van der Waals surface area contributed by atoms with E-state index in [-0.39, 0.29) is 0 Å². The van der Waals surface area contributed by atoms with Gasteiger partial charge in [-0.2, -0.15) is 0 Å². The Morgan fingerprint density at radius 2 is 0.303 bits per heavy atom. The molecule has 0 N–H and O–H groups in total. The molecular weight excluding hydrogens is 1600 g/mol. The van der Waals surface area contributed by atoms with Crippen LogP contribution in [0, 0.1) is 0 Å². The van der Waals surface area contributed by atoms with Gasteiger partial charge in [0.25, 0.3) is 0 Å². The highest BCUT2D eigenvalue weighted by Gasteiger charge is 2.25. The maximum Gasteiger partial charge on any atom is 0.0562 e. The van der Waals surface area contributed by atoms with Crippen molar-refractivity contribution in [3.05, 3.63) is 485 Å². The van der Waals surface area contributed by atoms with Crippen LogP contribution < -0.4 is 0 Å². The Morgan fingerprint density at radius 3 is 0.644 bits per heavy atom. The number of fused-ring (bicyclic) bond motifs is 21. The molecule has 0 atom stereocenters. The maximum absolute atomic E-state index is 2.48. The highest BCUT2D eigenvalue weighted by molar-refractivity contribution is 6.23. The molecule has 6 heterocycles. The van der Waals surface area contributed by atoms with E-state index in [2.05, 4.69) is 513 Å². The van der Waals surface area contributed by atoms with Crippen molar-refractivity contribution in [2.75, 3.05) is 0 Å². The molecule has 0 aliphatic heterocycles. The van der Waals surface area contributed by atoms with E-state index in [0.717, 1.165) is 22.7 Å². The van der Waals surface area contributed by atoms with E-state index in [4.69, 9.17) is 0 Å². The fourth-order valence-electron chi connectivity index (χ4n) is 21.6. The van der Waals surface area contributed by atoms with Gasteiger partial charge in [-0.25, -0.2) is 0 Å². The largest absolute Gasteiger partial charge is 0.309 e. The summed E-state index contributed by atoms with van der Waals surface area (Å²) in [6.45, 7) is 0. The van der Waals surface area contributed by atoms with E-state index in [9.17, 15) is 0 Å². The van der Waals surface area contributed by atoms with Gasteiger partial charge in [0.15, 0.2) is 0 Å². The molecule has 0 fully saturated rings. The first-order valence-corrected chi connectivity index (χ1v) is 45.5. The predicted molar refractivity (Wildman–Crippen MR) is 559 cm³/mol. The number of aromatic nitrogens is 6. The maximum atomic E-state index is 2.48. The van der Waals surface area contributed by atoms with E-state index in [1.807, 2.05) is 0 Å². The van der Waals surface area contributed by atoms with Gasteiger partial charge >= 0.3 is 0 Å². The van der Waals surface area contributed by atoms with Crippen LogP contribution in [0.3, 0.4) is 0 Å². The molecule has 614 valence electrons. The standard InChI is InChI=1S/C64H41N3.C62H39N3/c1-3-14-42(15-4-1)45-26-31-50(32-27-45)65-59-24-11-10-23-54(59)57-40-58-56-39-49(30-35-62(56)67(64(58)41-63(57)65)51-21-13-20-47(36-51)43-16-5-2-6-17-43)48-29-34-61-55(38-48)53-22-9-12-25-60(53)66(61)52-33-28-44-18-7-8-19-46(44)37-52;1-2-13-40(14-3-1)45-19-12-20-48(33-45)64-60-32-28-47(46-27-31-59-53(36-46)51-21-8-10-23-57(51)63(59)49-29-25-41-15-4-6-17-43(41)34-49)37-54(60)56-38-55-52-22-9-11-24-58(52)65(61(55)39-62(56)64)50-30-26-42-16-5-7-18-44(42)35-50/h1-41H;1-39H. The number of hydrogen-bond donors (Lipinski definition) is 0. The van der Waals surface area contributed by atoms with Crippen LogP contribution in [0.4, 0.5) is 0 Å². The van der Waals surface area contributed by atoms with E-state index in [1.54, 1.807) is 0 Å². The van der Waals surface area contributed by atoms with Gasteiger partial charge in [-0.15, -0.1) is 0 Å². The van der Waals surface area contributed by atoms with Crippen LogP contribution in [0.5, 0.6) is 0 Å². The number of rotatable bonds is 11. The number of hydrogen-bond acceptors (Lipinski definition) is 0. The monoisotopic (exact) mass is 1680 g/mol. The second-order valence-electron chi connectivity index (χ2n) is 35.1. The molecule has 0 radical (unpaired) electrons. The third kappa shape index (κ3) is 12.0. The minimum atomic E-state index is 1.13. The van der Waals surface area contributed by atoms with Crippen LogP contribution in [0.1, 0.15) is 0 Å². The van der Waals surface area contributed by atoms with Crippen molar-refractivity contribution in [1.82, 2.24) is 27.4 Å². The van der Waals surface area contributed by atoms with Crippen LogP contribution in [0.2, 0.25) is 0 Å². The van der Waals surface area contributed by atoms with Crippen LogP contribution in [-0.2, 0) is 0 Å². The summed E-state index contributed by atoms with van der Waals surface area (Å²) in [6, 6.07) is 179. The lowest BCUT2D eigenvalue weighted by Crippen LogP contribution is -1.96. The van der Waals surface area contributed by atoms with E-state index in [1.165, 1.54) is 230 Å². The van der Waals surface area contributed by atoms with Crippen molar-refractivity contribution in [2.45, 2.75) is 0 Å². The topological polar surface area (TPSA) is 29.6 Å². The van der Waals surface area contributed by atoms with E-state index in [0.29, 0.717) is 0 Å². The van der Waals surface area contributed by atoms with Crippen LogP contribution in [0.25, 0.3) is 253 Å². The average Bonchev–Trinajstić information content (AvgIpc) is 1.55. The average molecular weight is 1680 g/mol. The molecule has 0 aliphatic rings. The third-order valence-corrected chi connectivity index (χ3v) is 27.8. The third-order valence-electron chi connectivity index (χ3n) is 27.8. The summed E-state index contributed by atoms with van der Waals surface area (Å²) < 4.78 is 14.7. The minimum absolute atomic E-state index is 1.13. The summed E-state index contributed by atoms with van der Waals surface area (Å²) >= 11 is 0. The molecule has 0 aliphatic carbocycles. The summed E-state index contributed by atoms with van der Waals surface area (Å²) in [7, 11) is 0. The smallest absolute Gasteiger partial charge is 0.0562 e. The van der Waals surface area contributed by atoms with Gasteiger partial charge in [0.1, 0.15) is 0 Å². The van der Waals surface area contributed by atoms with Crippen LogP contribution >= 0.6 is 0 Å². The highest BCUT2D eigenvalue weighted by Crippen LogP contribution is 2.47. The van der Waals surface area contributed by atoms with Gasteiger partial charge < -0.3 is 27.4 Å². The van der Waals surface area contributed by atoms with Gasteiger partial charge in [-0.3, -0.25) is 0 Å². The molecular formula is C126H80N6. The molecule has 22 aromatic carbocycles. The van der Waals surface area contributed by atoms with Crippen LogP contribution in [-0.4, -0.2) is 27.4 Å². The lowest BCUT2D eigenvalue weighted by molar-refractivity contribution is 1.16. The van der Waals surface area contributed by atoms with Gasteiger partial charge in [-0.1, -0.05) is 315 Å². The summed E-state index contributed by atoms with van der Waals surface area (Å²) in [5, 5.41) is 22.3. The fraction of sp³-hybridized carbons (Fsp3) is 0. The molecule has 28 rings (SSSR count). The Bertz CT molecular complexity index is 9590. The number of benzene rings is 22. The van der Waals surface area contributed by atoms with Crippen molar-refractivity contribution in [3.63, 3.8) is 0 Å². The molecule has 0 saturated carbocycles. The molecule has 0 unspecified atom stereocenters. The molecule has 132 heavy (non-hydrogen) atoms. The van der Waals surface area contributed by atoms with Crippen molar-refractivity contribution in [3.8, 4) is 89.8 Å². The Balaban J connectivity index is 0.000000135. The normalized spacial score (nSPS) is 11.9. The molecule has 0 saturated heterocycles. The van der Waals surface area contributed by atoms with E-state index < -0.39 is 0 Å². The molecule has 0 amide bonds. The molecule has 6 aromatic heterocycles. The molecule has 6 nitrogen and oxygen atoms in total. The van der Waals surface area contributed by atoms with Gasteiger partial charge in [0.2, 0.25) is 0 Å². The Kier molecular flexibility index (Phi) is 17.0. The van der Waals surface area contributed by atoms with Crippen molar-refractivity contribution >= 4 is 163 Å². The first kappa shape index (κ1) is 74.6. The Morgan fingerprint density at radius 1 is 0.0909 bits per heavy atom. The lowest BCUT2D eigenvalue weighted by Gasteiger charge is -2.12. The van der Waals surface area contributed by atoms with Crippen molar-refractivity contribution in [2.24, 2.45) is 0 Å². The molecule has 6 heteroatoms. The van der Waals surface area contributed by atoms with Crippen LogP contribution in [0.15, 0.2) is 485 Å². The zero-order chi connectivity index (χ0) is 86.6. The van der Waals surface area contributed by atoms with Gasteiger partial charge in [0.05, 0.1) is 66.2 Å². The second kappa shape index (κ2) is 30.0. The SMILES string of the molecule is c1ccc(-c2ccc(-n3c4ccccc4c4cc5c6cc(-c7ccc8c(c7)c7ccccc7n8-c7ccc8ccccc8c7)ccc6n(-c6cccc(-c7ccccc7)c6)c5cc43)cc2)cc1.c1ccc(-c2cccc(-n3c4ccc(-c5ccc6c(c5)c5ccccc5n6-c5ccc6ccccc6c5)cc4c4cc5c6ccccc6n(-c6ccc7ccccc7c6)c5cc43)c2)cc1. The molecule has 28 aromatic rings. The van der Waals surface area contributed by atoms with Gasteiger partial charge in [-0.05, 0) is 258 Å². The highest BCUT2D eigenvalue weighted by atomic mass is 15.0. The number of nitrogens with zero attached hydrogens (tertiary/aromatic N) is 6. The number of para-hydroxylation sites is 4. The summed E-state index contributed by atoms with van der Waals surface area (Å²) in [6.07, 6.45) is 0.